The van der Waals surface area contributed by atoms with Gasteiger partial charge in [0.15, 0.2) is 0 Å². The van der Waals surface area contributed by atoms with Crippen LogP contribution in [0.3, 0.4) is 0 Å². The van der Waals surface area contributed by atoms with Crippen molar-refractivity contribution >= 4 is 23.4 Å². The Hall–Kier alpha value is -2.13. The van der Waals surface area contributed by atoms with Crippen molar-refractivity contribution in [3.8, 4) is 0 Å². The third kappa shape index (κ3) is 2.02. The van der Waals surface area contributed by atoms with Crippen LogP contribution in [0.25, 0.3) is 0 Å². The predicted octanol–water partition coefficient (Wildman–Crippen LogP) is 2.81. The maximum absolute atomic E-state index is 11.8. The van der Waals surface area contributed by atoms with Gasteiger partial charge in [0.05, 0.1) is 11.1 Å². The lowest BCUT2D eigenvalue weighted by Gasteiger charge is -2.08. The van der Waals surface area contributed by atoms with Crippen LogP contribution >= 0.6 is 11.6 Å². The van der Waals surface area contributed by atoms with Crippen LogP contribution < -0.4 is 5.32 Å². The van der Waals surface area contributed by atoms with Crippen molar-refractivity contribution in [3.63, 3.8) is 0 Å². The highest BCUT2D eigenvalue weighted by Gasteiger charge is 2.30. The molecule has 0 fully saturated rings. The number of halogens is 1. The molecular weight excluding hydrogens is 262 g/mol. The summed E-state index contributed by atoms with van der Waals surface area (Å²) >= 11 is 6.18. The Bertz CT molecular complexity index is 680. The SMILES string of the molecule is O=C1NC(=O)c2c1ccc(Cl)c2Cc1ccccc1. The normalized spacial score (nSPS) is 13.3. The molecule has 0 aliphatic carbocycles. The van der Waals surface area contributed by atoms with Gasteiger partial charge in [0.25, 0.3) is 11.8 Å². The quantitative estimate of drug-likeness (QED) is 0.854. The van der Waals surface area contributed by atoms with Gasteiger partial charge in [0.1, 0.15) is 0 Å². The zero-order chi connectivity index (χ0) is 13.4. The van der Waals surface area contributed by atoms with Gasteiger partial charge in [0.2, 0.25) is 0 Å². The lowest BCUT2D eigenvalue weighted by Crippen LogP contribution is -2.20. The van der Waals surface area contributed by atoms with E-state index in [-0.39, 0.29) is 11.8 Å². The molecule has 0 saturated heterocycles. The highest BCUT2D eigenvalue weighted by Crippen LogP contribution is 2.29. The van der Waals surface area contributed by atoms with E-state index in [2.05, 4.69) is 5.32 Å². The van der Waals surface area contributed by atoms with Crippen LogP contribution in [0.2, 0.25) is 5.02 Å². The van der Waals surface area contributed by atoms with Crippen LogP contribution in [0, 0.1) is 0 Å². The van der Waals surface area contributed by atoms with Gasteiger partial charge in [0, 0.05) is 5.02 Å². The smallest absolute Gasteiger partial charge is 0.259 e. The molecule has 3 nitrogen and oxygen atoms in total. The number of hydrogen-bond acceptors (Lipinski definition) is 2. The van der Waals surface area contributed by atoms with E-state index in [1.54, 1.807) is 12.1 Å². The van der Waals surface area contributed by atoms with Crippen LogP contribution in [-0.4, -0.2) is 11.8 Å². The zero-order valence-corrected chi connectivity index (χ0v) is 10.7. The van der Waals surface area contributed by atoms with Crippen molar-refractivity contribution in [3.05, 3.63) is 69.7 Å². The molecule has 0 atom stereocenters. The van der Waals surface area contributed by atoms with Crippen molar-refractivity contribution in [2.24, 2.45) is 0 Å². The van der Waals surface area contributed by atoms with Crippen molar-refractivity contribution in [1.82, 2.24) is 5.32 Å². The molecule has 1 heterocycles. The summed E-state index contributed by atoms with van der Waals surface area (Å²) < 4.78 is 0. The minimum absolute atomic E-state index is 0.356. The van der Waals surface area contributed by atoms with Crippen molar-refractivity contribution in [1.29, 1.82) is 0 Å². The Morgan fingerprint density at radius 1 is 0.947 bits per heavy atom. The predicted molar refractivity (Wildman–Crippen MR) is 72.5 cm³/mol. The molecule has 94 valence electrons. The van der Waals surface area contributed by atoms with E-state index < -0.39 is 0 Å². The number of hydrogen-bond donors (Lipinski definition) is 1. The highest BCUT2D eigenvalue weighted by atomic mass is 35.5. The van der Waals surface area contributed by atoms with Crippen LogP contribution in [0.4, 0.5) is 0 Å². The van der Waals surface area contributed by atoms with Crippen molar-refractivity contribution < 1.29 is 9.59 Å². The first-order chi connectivity index (χ1) is 9.16. The molecule has 1 aliphatic heterocycles. The molecule has 3 rings (SSSR count). The summed E-state index contributed by atoms with van der Waals surface area (Å²) in [5.41, 5.74) is 2.56. The van der Waals surface area contributed by atoms with Gasteiger partial charge in [-0.1, -0.05) is 41.9 Å². The molecule has 1 aliphatic rings. The molecule has 0 saturated carbocycles. The first kappa shape index (κ1) is 11.9. The summed E-state index contributed by atoms with van der Waals surface area (Å²) in [6.45, 7) is 0. The Kier molecular flexibility index (Phi) is 2.84. The van der Waals surface area contributed by atoms with E-state index in [0.717, 1.165) is 5.56 Å². The Morgan fingerprint density at radius 3 is 2.42 bits per heavy atom. The Labute approximate surface area is 115 Å². The molecule has 0 spiro atoms. The van der Waals surface area contributed by atoms with Crippen molar-refractivity contribution in [2.45, 2.75) is 6.42 Å². The number of nitrogens with one attached hydrogen (secondary N) is 1. The number of carbonyl (C=O) groups is 2. The van der Waals surface area contributed by atoms with Gasteiger partial charge in [-0.15, -0.1) is 0 Å². The van der Waals surface area contributed by atoms with Gasteiger partial charge < -0.3 is 0 Å². The van der Waals surface area contributed by atoms with Gasteiger partial charge in [-0.2, -0.15) is 0 Å². The van der Waals surface area contributed by atoms with E-state index >= 15 is 0 Å². The number of carbonyl (C=O) groups excluding carboxylic acids is 2. The lowest BCUT2D eigenvalue weighted by molar-refractivity contribution is 0.0879. The maximum Gasteiger partial charge on any atom is 0.259 e. The summed E-state index contributed by atoms with van der Waals surface area (Å²) in [5, 5.41) is 2.81. The molecule has 0 bridgehead atoms. The van der Waals surface area contributed by atoms with E-state index in [9.17, 15) is 9.59 Å². The zero-order valence-electron chi connectivity index (χ0n) is 9.94. The molecule has 1 N–H and O–H groups in total. The van der Waals surface area contributed by atoms with E-state index in [1.165, 1.54) is 0 Å². The topological polar surface area (TPSA) is 46.2 Å². The monoisotopic (exact) mass is 271 g/mol. The number of amides is 2. The second kappa shape index (κ2) is 4.52. The minimum atomic E-state index is -0.367. The molecule has 0 unspecified atom stereocenters. The summed E-state index contributed by atoms with van der Waals surface area (Å²) in [7, 11) is 0. The molecule has 2 aromatic carbocycles. The summed E-state index contributed by atoms with van der Waals surface area (Å²) in [6, 6.07) is 13.0. The molecule has 0 aromatic heterocycles. The number of benzene rings is 2. The van der Waals surface area contributed by atoms with Crippen LogP contribution in [-0.2, 0) is 6.42 Å². The number of rotatable bonds is 2. The molecule has 2 amide bonds. The van der Waals surface area contributed by atoms with E-state index in [0.29, 0.717) is 28.1 Å². The van der Waals surface area contributed by atoms with E-state index in [4.69, 9.17) is 11.6 Å². The Morgan fingerprint density at radius 2 is 1.68 bits per heavy atom. The lowest BCUT2D eigenvalue weighted by atomic mass is 9.97. The Balaban J connectivity index is 2.12. The average molecular weight is 272 g/mol. The molecular formula is C15H10ClNO2. The maximum atomic E-state index is 11.8. The highest BCUT2D eigenvalue weighted by molar-refractivity contribution is 6.33. The van der Waals surface area contributed by atoms with Crippen LogP contribution in [0.1, 0.15) is 31.8 Å². The first-order valence-electron chi connectivity index (χ1n) is 5.88. The summed E-state index contributed by atoms with van der Waals surface area (Å²) in [4.78, 5) is 23.5. The standard InChI is InChI=1S/C15H10ClNO2/c16-12-7-6-10-13(15(19)17-14(10)18)11(12)8-9-4-2-1-3-5-9/h1-7H,8H2,(H,17,18,19). The van der Waals surface area contributed by atoms with Gasteiger partial charge in [-0.25, -0.2) is 0 Å². The summed E-state index contributed by atoms with van der Waals surface area (Å²) in [5.74, 6) is -0.723. The summed E-state index contributed by atoms with van der Waals surface area (Å²) in [6.07, 6.45) is 0.531. The molecule has 0 radical (unpaired) electrons. The van der Waals surface area contributed by atoms with Gasteiger partial charge >= 0.3 is 0 Å². The fraction of sp³-hybridized carbons (Fsp3) is 0.0667. The second-order valence-corrected chi connectivity index (χ2v) is 4.80. The van der Waals surface area contributed by atoms with E-state index in [1.807, 2.05) is 30.3 Å². The average Bonchev–Trinajstić information content (AvgIpc) is 2.69. The third-order valence-electron chi connectivity index (χ3n) is 3.18. The molecule has 4 heteroatoms. The molecule has 2 aromatic rings. The fourth-order valence-corrected chi connectivity index (χ4v) is 2.50. The second-order valence-electron chi connectivity index (χ2n) is 4.39. The molecule has 19 heavy (non-hydrogen) atoms. The van der Waals surface area contributed by atoms with Crippen LogP contribution in [0.5, 0.6) is 0 Å². The number of imide groups is 1. The number of fused-ring (bicyclic) bond motifs is 1. The third-order valence-corrected chi connectivity index (χ3v) is 3.53. The van der Waals surface area contributed by atoms with Crippen molar-refractivity contribution in [2.75, 3.05) is 0 Å². The van der Waals surface area contributed by atoms with Gasteiger partial charge in [-0.3, -0.25) is 14.9 Å². The fourth-order valence-electron chi connectivity index (χ4n) is 2.28. The van der Waals surface area contributed by atoms with Crippen LogP contribution in [0.15, 0.2) is 42.5 Å². The minimum Gasteiger partial charge on any atom is -0.288 e. The largest absolute Gasteiger partial charge is 0.288 e. The van der Waals surface area contributed by atoms with Gasteiger partial charge in [-0.05, 0) is 29.7 Å². The first-order valence-corrected chi connectivity index (χ1v) is 6.25.